The molecule has 0 unspecified atom stereocenters. The highest BCUT2D eigenvalue weighted by Gasteiger charge is 2.30. The fourth-order valence-corrected chi connectivity index (χ4v) is 4.81. The molecule has 1 aromatic carbocycles. The van der Waals surface area contributed by atoms with E-state index in [0.29, 0.717) is 30.0 Å². The molecule has 32 heavy (non-hydrogen) atoms. The van der Waals surface area contributed by atoms with E-state index in [-0.39, 0.29) is 11.2 Å². The third kappa shape index (κ3) is 3.79. The van der Waals surface area contributed by atoms with Gasteiger partial charge in [0.25, 0.3) is 5.56 Å². The summed E-state index contributed by atoms with van der Waals surface area (Å²) in [6, 6.07) is 10.3. The molecule has 0 saturated heterocycles. The molecule has 4 aromatic rings. The molecule has 0 aliphatic heterocycles. The molecule has 0 radical (unpaired) electrons. The number of aromatic nitrogens is 7. The van der Waals surface area contributed by atoms with Crippen LogP contribution in [0.4, 0.5) is 0 Å². The van der Waals surface area contributed by atoms with Gasteiger partial charge in [0.15, 0.2) is 16.3 Å². The minimum Gasteiger partial charge on any atom is -0.328 e. The Morgan fingerprint density at radius 3 is 2.59 bits per heavy atom. The van der Waals surface area contributed by atoms with Gasteiger partial charge in [0.2, 0.25) is 0 Å². The Kier molecular flexibility index (Phi) is 5.46. The summed E-state index contributed by atoms with van der Waals surface area (Å²) in [4.78, 5) is 29.7. The van der Waals surface area contributed by atoms with Gasteiger partial charge in [-0.05, 0) is 24.8 Å². The summed E-state index contributed by atoms with van der Waals surface area (Å²) in [6.45, 7) is 1.10. The van der Waals surface area contributed by atoms with Crippen molar-refractivity contribution in [3.63, 3.8) is 0 Å². The van der Waals surface area contributed by atoms with E-state index in [9.17, 15) is 9.59 Å². The molecule has 1 aliphatic carbocycles. The second-order valence-electron chi connectivity index (χ2n) is 8.21. The van der Waals surface area contributed by atoms with Gasteiger partial charge in [-0.15, -0.1) is 10.2 Å². The van der Waals surface area contributed by atoms with E-state index >= 15 is 0 Å². The fraction of sp³-hybridized carbons (Fsp3) is 0.409. The molecule has 1 fully saturated rings. The molecule has 10 heteroatoms. The average Bonchev–Trinajstić information content (AvgIpc) is 3.46. The third-order valence-electron chi connectivity index (χ3n) is 5.83. The average molecular weight is 452 g/mol. The molecule has 5 rings (SSSR count). The van der Waals surface area contributed by atoms with Crippen LogP contribution in [0.1, 0.15) is 36.6 Å². The fourth-order valence-electron chi connectivity index (χ4n) is 3.94. The monoisotopic (exact) mass is 451 g/mol. The van der Waals surface area contributed by atoms with Gasteiger partial charge < -0.3 is 9.13 Å². The smallest absolute Gasteiger partial charge is 0.328 e. The molecule has 1 aliphatic rings. The molecule has 0 amide bonds. The van der Waals surface area contributed by atoms with Gasteiger partial charge in [-0.2, -0.15) is 0 Å². The summed E-state index contributed by atoms with van der Waals surface area (Å²) in [7, 11) is 3.41. The molecule has 1 saturated carbocycles. The summed E-state index contributed by atoms with van der Waals surface area (Å²) in [5.74, 6) is 2.30. The first kappa shape index (κ1) is 20.7. The van der Waals surface area contributed by atoms with Gasteiger partial charge in [-0.1, -0.05) is 42.1 Å². The van der Waals surface area contributed by atoms with Crippen LogP contribution in [-0.2, 0) is 27.2 Å². The van der Waals surface area contributed by atoms with Crippen molar-refractivity contribution in [3.05, 3.63) is 68.9 Å². The van der Waals surface area contributed by atoms with E-state index in [0.717, 1.165) is 23.3 Å². The van der Waals surface area contributed by atoms with Gasteiger partial charge in [0.05, 0.1) is 12.9 Å². The molecule has 0 spiro atoms. The Labute approximate surface area is 188 Å². The lowest BCUT2D eigenvalue weighted by Crippen LogP contribution is -2.39. The Hall–Kier alpha value is -3.14. The predicted octanol–water partition coefficient (Wildman–Crippen LogP) is 2.13. The van der Waals surface area contributed by atoms with Crippen molar-refractivity contribution >= 4 is 22.9 Å². The zero-order valence-corrected chi connectivity index (χ0v) is 19.0. The van der Waals surface area contributed by atoms with E-state index in [4.69, 9.17) is 0 Å². The molecular formula is C22H25N7O2S. The molecule has 3 heterocycles. The molecule has 0 bridgehead atoms. The van der Waals surface area contributed by atoms with Crippen molar-refractivity contribution in [1.29, 1.82) is 0 Å². The number of hydrogen-bond acceptors (Lipinski definition) is 6. The van der Waals surface area contributed by atoms with Gasteiger partial charge in [0.1, 0.15) is 5.82 Å². The summed E-state index contributed by atoms with van der Waals surface area (Å²) in [5, 5.41) is 9.79. The summed E-state index contributed by atoms with van der Waals surface area (Å²) < 4.78 is 6.61. The Balaban J connectivity index is 1.31. The number of imidazole rings is 1. The number of rotatable bonds is 8. The van der Waals surface area contributed by atoms with E-state index in [1.165, 1.54) is 27.5 Å². The maximum absolute atomic E-state index is 12.8. The largest absolute Gasteiger partial charge is 0.332 e. The van der Waals surface area contributed by atoms with Crippen LogP contribution in [-0.4, -0.2) is 39.2 Å². The minimum atomic E-state index is -0.338. The molecule has 0 atom stereocenters. The minimum absolute atomic E-state index is 0.295. The van der Waals surface area contributed by atoms with Crippen molar-refractivity contribution in [2.75, 3.05) is 5.75 Å². The number of benzene rings is 1. The van der Waals surface area contributed by atoms with Crippen molar-refractivity contribution in [2.24, 2.45) is 14.1 Å². The second kappa shape index (κ2) is 8.42. The standard InChI is InChI=1S/C22H25N7O2S/c1-26-14-23-19-17(26)20(30)28(22(31)27(19)2)11-6-12-32-21-25-24-18(16-9-10-16)29(21)13-15-7-4-3-5-8-15/h3-5,7-8,14,16H,6,9-13H2,1-2H3. The molecule has 0 N–H and O–H groups in total. The highest BCUT2D eigenvalue weighted by atomic mass is 32.2. The molecule has 9 nitrogen and oxygen atoms in total. The lowest BCUT2D eigenvalue weighted by Gasteiger charge is -2.11. The van der Waals surface area contributed by atoms with Crippen molar-refractivity contribution < 1.29 is 0 Å². The normalized spacial score (nSPS) is 13.8. The maximum atomic E-state index is 12.8. The number of nitrogens with zero attached hydrogens (tertiary/aromatic N) is 7. The van der Waals surface area contributed by atoms with E-state index in [2.05, 4.69) is 31.9 Å². The quantitative estimate of drug-likeness (QED) is 0.301. The zero-order chi connectivity index (χ0) is 22.2. The maximum Gasteiger partial charge on any atom is 0.332 e. The van der Waals surface area contributed by atoms with Crippen molar-refractivity contribution in [3.8, 4) is 0 Å². The van der Waals surface area contributed by atoms with Gasteiger partial charge >= 0.3 is 5.69 Å². The highest BCUT2D eigenvalue weighted by molar-refractivity contribution is 7.99. The number of hydrogen-bond donors (Lipinski definition) is 0. The van der Waals surface area contributed by atoms with Crippen LogP contribution in [0.2, 0.25) is 0 Å². The van der Waals surface area contributed by atoms with E-state index in [1.807, 2.05) is 18.2 Å². The predicted molar refractivity (Wildman–Crippen MR) is 123 cm³/mol. The third-order valence-corrected chi connectivity index (χ3v) is 6.88. The number of fused-ring (bicyclic) bond motifs is 1. The molecule has 3 aromatic heterocycles. The van der Waals surface area contributed by atoms with Crippen LogP contribution in [0.25, 0.3) is 11.2 Å². The Bertz CT molecular complexity index is 1380. The zero-order valence-electron chi connectivity index (χ0n) is 18.1. The SMILES string of the molecule is Cn1cnc2c1c(=O)n(CCCSc1nnc(C3CC3)n1Cc1ccccc1)c(=O)n2C. The van der Waals surface area contributed by atoms with Crippen molar-refractivity contribution in [2.45, 2.75) is 43.4 Å². The van der Waals surface area contributed by atoms with E-state index in [1.54, 1.807) is 36.8 Å². The van der Waals surface area contributed by atoms with E-state index < -0.39 is 0 Å². The van der Waals surface area contributed by atoms with Crippen LogP contribution >= 0.6 is 11.8 Å². The van der Waals surface area contributed by atoms with Crippen LogP contribution in [0.3, 0.4) is 0 Å². The lowest BCUT2D eigenvalue weighted by molar-refractivity contribution is 0.593. The van der Waals surface area contributed by atoms with Crippen LogP contribution in [0, 0.1) is 0 Å². The highest BCUT2D eigenvalue weighted by Crippen LogP contribution is 2.40. The van der Waals surface area contributed by atoms with Crippen LogP contribution in [0.5, 0.6) is 0 Å². The summed E-state index contributed by atoms with van der Waals surface area (Å²) in [5.41, 5.74) is 1.44. The van der Waals surface area contributed by atoms with Gasteiger partial charge in [-0.3, -0.25) is 13.9 Å². The first-order valence-electron chi connectivity index (χ1n) is 10.7. The van der Waals surface area contributed by atoms with Crippen LogP contribution in [0.15, 0.2) is 51.4 Å². The molecular weight excluding hydrogens is 426 g/mol. The first-order valence-corrected chi connectivity index (χ1v) is 11.7. The Morgan fingerprint density at radius 2 is 1.84 bits per heavy atom. The first-order chi connectivity index (χ1) is 15.5. The summed E-state index contributed by atoms with van der Waals surface area (Å²) in [6.07, 6.45) is 4.56. The number of aryl methyl sites for hydroxylation is 2. The van der Waals surface area contributed by atoms with Crippen LogP contribution < -0.4 is 11.2 Å². The molecule has 166 valence electrons. The summed E-state index contributed by atoms with van der Waals surface area (Å²) >= 11 is 1.62. The van der Waals surface area contributed by atoms with Gasteiger partial charge in [-0.25, -0.2) is 9.78 Å². The second-order valence-corrected chi connectivity index (χ2v) is 9.28. The van der Waals surface area contributed by atoms with Gasteiger partial charge in [0, 0.05) is 32.3 Å². The van der Waals surface area contributed by atoms with Crippen molar-refractivity contribution in [1.82, 2.24) is 33.4 Å². The Morgan fingerprint density at radius 1 is 1.06 bits per heavy atom. The lowest BCUT2D eigenvalue weighted by atomic mass is 10.2. The number of thioether (sulfide) groups is 1. The topological polar surface area (TPSA) is 92.5 Å².